The standard InChI is InChI=1S/C25H21FN8O2/c26-19-6-5-15(14-21-16-3-1-2-4-17(16)24(35)31-28-21)13-18(19)25(36)34-11-9-33(10-12-34)22-8-7-20-23(27-22)30-32-29-20/h1-8,13H,9-12,14H2,(H,31,35)(H,27,29,30,32). The van der Waals surface area contributed by atoms with Crippen molar-refractivity contribution in [2.75, 3.05) is 31.1 Å². The van der Waals surface area contributed by atoms with E-state index in [0.717, 1.165) is 16.8 Å². The van der Waals surface area contributed by atoms with Gasteiger partial charge in [-0.2, -0.15) is 15.4 Å². The molecule has 10 nitrogen and oxygen atoms in total. The molecule has 0 unspecified atom stereocenters. The van der Waals surface area contributed by atoms with E-state index in [0.29, 0.717) is 54.8 Å². The number of H-pyrrole nitrogens is 2. The molecular weight excluding hydrogens is 463 g/mol. The van der Waals surface area contributed by atoms with Crippen LogP contribution in [0.2, 0.25) is 0 Å². The summed E-state index contributed by atoms with van der Waals surface area (Å²) in [6.45, 7) is 2.01. The molecule has 3 aromatic heterocycles. The van der Waals surface area contributed by atoms with E-state index in [-0.39, 0.29) is 17.0 Å². The maximum absolute atomic E-state index is 14.7. The van der Waals surface area contributed by atoms with E-state index in [1.54, 1.807) is 29.2 Å². The highest BCUT2D eigenvalue weighted by Crippen LogP contribution is 2.21. The van der Waals surface area contributed by atoms with Gasteiger partial charge in [0, 0.05) is 38.0 Å². The second kappa shape index (κ2) is 8.84. The van der Waals surface area contributed by atoms with Crippen LogP contribution in [-0.2, 0) is 6.42 Å². The first-order valence-corrected chi connectivity index (χ1v) is 11.5. The largest absolute Gasteiger partial charge is 0.353 e. The third-order valence-electron chi connectivity index (χ3n) is 6.46. The Labute approximate surface area is 203 Å². The van der Waals surface area contributed by atoms with Crippen molar-refractivity contribution in [3.8, 4) is 0 Å². The number of anilines is 1. The molecule has 1 amide bonds. The molecule has 1 fully saturated rings. The topological polar surface area (TPSA) is 124 Å². The van der Waals surface area contributed by atoms with Gasteiger partial charge in [0.2, 0.25) is 5.65 Å². The van der Waals surface area contributed by atoms with E-state index in [1.165, 1.54) is 6.07 Å². The Bertz CT molecular complexity index is 1660. The highest BCUT2D eigenvalue weighted by molar-refractivity contribution is 5.95. The Morgan fingerprint density at radius 3 is 2.58 bits per heavy atom. The number of amides is 1. The fourth-order valence-electron chi connectivity index (χ4n) is 4.56. The van der Waals surface area contributed by atoms with Crippen LogP contribution in [0.3, 0.4) is 0 Å². The highest BCUT2D eigenvalue weighted by atomic mass is 19.1. The van der Waals surface area contributed by atoms with Crippen LogP contribution < -0.4 is 10.5 Å². The predicted octanol–water partition coefficient (Wildman–Crippen LogP) is 2.28. The number of pyridine rings is 1. The van der Waals surface area contributed by atoms with E-state index in [9.17, 15) is 14.0 Å². The lowest BCUT2D eigenvalue weighted by molar-refractivity contribution is 0.0741. The first-order chi connectivity index (χ1) is 17.6. The van der Waals surface area contributed by atoms with E-state index >= 15 is 0 Å². The van der Waals surface area contributed by atoms with Gasteiger partial charge in [-0.1, -0.05) is 24.3 Å². The first-order valence-electron chi connectivity index (χ1n) is 11.5. The molecule has 0 radical (unpaired) electrons. The van der Waals surface area contributed by atoms with Crippen molar-refractivity contribution < 1.29 is 9.18 Å². The molecule has 11 heteroatoms. The summed E-state index contributed by atoms with van der Waals surface area (Å²) in [6.07, 6.45) is 0.349. The Morgan fingerprint density at radius 2 is 1.75 bits per heavy atom. The maximum Gasteiger partial charge on any atom is 0.272 e. The molecule has 0 spiro atoms. The van der Waals surface area contributed by atoms with Gasteiger partial charge in [0.1, 0.15) is 17.2 Å². The van der Waals surface area contributed by atoms with Gasteiger partial charge in [-0.05, 0) is 35.9 Å². The molecule has 2 N–H and O–H groups in total. The van der Waals surface area contributed by atoms with Crippen molar-refractivity contribution >= 4 is 33.7 Å². The van der Waals surface area contributed by atoms with Crippen molar-refractivity contribution in [3.05, 3.63) is 87.6 Å². The highest BCUT2D eigenvalue weighted by Gasteiger charge is 2.25. The summed E-state index contributed by atoms with van der Waals surface area (Å²) in [4.78, 5) is 33.5. The number of rotatable bonds is 4. The number of benzene rings is 2. The Balaban J connectivity index is 1.19. The molecule has 36 heavy (non-hydrogen) atoms. The van der Waals surface area contributed by atoms with Crippen LogP contribution in [0.1, 0.15) is 21.6 Å². The summed E-state index contributed by atoms with van der Waals surface area (Å²) >= 11 is 0. The first kappa shape index (κ1) is 21.8. The number of hydrogen-bond acceptors (Lipinski definition) is 7. The molecule has 5 aromatic rings. The second-order valence-electron chi connectivity index (χ2n) is 8.65. The Morgan fingerprint density at radius 1 is 0.944 bits per heavy atom. The average molecular weight is 484 g/mol. The minimum Gasteiger partial charge on any atom is -0.353 e. The quantitative estimate of drug-likeness (QED) is 0.401. The third kappa shape index (κ3) is 3.94. The van der Waals surface area contributed by atoms with Gasteiger partial charge in [-0.15, -0.1) is 5.10 Å². The van der Waals surface area contributed by atoms with Gasteiger partial charge in [0.25, 0.3) is 11.5 Å². The minimum atomic E-state index is -0.566. The van der Waals surface area contributed by atoms with Crippen LogP contribution >= 0.6 is 0 Å². The predicted molar refractivity (Wildman–Crippen MR) is 131 cm³/mol. The molecule has 6 rings (SSSR count). The molecule has 0 aliphatic carbocycles. The fraction of sp³-hybridized carbons (Fsp3) is 0.200. The van der Waals surface area contributed by atoms with Crippen LogP contribution in [0.25, 0.3) is 21.9 Å². The van der Waals surface area contributed by atoms with E-state index < -0.39 is 5.82 Å². The van der Waals surface area contributed by atoms with E-state index in [2.05, 4.69) is 35.5 Å². The smallest absolute Gasteiger partial charge is 0.272 e. The lowest BCUT2D eigenvalue weighted by Crippen LogP contribution is -2.49. The van der Waals surface area contributed by atoms with Gasteiger partial charge >= 0.3 is 0 Å². The van der Waals surface area contributed by atoms with Gasteiger partial charge in [-0.3, -0.25) is 9.59 Å². The lowest BCUT2D eigenvalue weighted by atomic mass is 10.0. The van der Waals surface area contributed by atoms with Crippen molar-refractivity contribution in [1.29, 1.82) is 0 Å². The van der Waals surface area contributed by atoms with Crippen molar-refractivity contribution in [1.82, 2.24) is 35.5 Å². The normalized spacial score (nSPS) is 14.0. The summed E-state index contributed by atoms with van der Waals surface area (Å²) in [5, 5.41) is 18.6. The summed E-state index contributed by atoms with van der Waals surface area (Å²) in [5.74, 6) is -0.158. The third-order valence-corrected chi connectivity index (χ3v) is 6.46. The molecule has 180 valence electrons. The van der Waals surface area contributed by atoms with Crippen LogP contribution in [-0.4, -0.2) is 67.6 Å². The molecule has 1 aliphatic rings. The van der Waals surface area contributed by atoms with E-state index in [4.69, 9.17) is 0 Å². The number of hydrogen-bond donors (Lipinski definition) is 2. The van der Waals surface area contributed by atoms with Crippen LogP contribution in [0.15, 0.2) is 59.4 Å². The molecule has 4 heterocycles. The Kier molecular flexibility index (Phi) is 5.36. The number of piperazine rings is 1. The number of aromatic nitrogens is 6. The van der Waals surface area contributed by atoms with Gasteiger partial charge in [0.05, 0.1) is 16.6 Å². The number of nitrogens with one attached hydrogen (secondary N) is 2. The van der Waals surface area contributed by atoms with Crippen molar-refractivity contribution in [2.45, 2.75) is 6.42 Å². The molecule has 0 saturated carbocycles. The average Bonchev–Trinajstić information content (AvgIpc) is 3.39. The molecule has 1 aliphatic heterocycles. The number of halogens is 1. The monoisotopic (exact) mass is 484 g/mol. The lowest BCUT2D eigenvalue weighted by Gasteiger charge is -2.35. The number of carbonyl (C=O) groups is 1. The zero-order valence-electron chi connectivity index (χ0n) is 19.1. The number of fused-ring (bicyclic) bond motifs is 2. The summed E-state index contributed by atoms with van der Waals surface area (Å²) in [5.41, 5.74) is 2.37. The Hall–Kier alpha value is -4.67. The van der Waals surface area contributed by atoms with Crippen LogP contribution in [0, 0.1) is 5.82 Å². The SMILES string of the molecule is O=C(c1cc(Cc2n[nH]c(=O)c3ccccc23)ccc1F)N1CCN(c2ccc3n[nH]nc3n2)CC1. The minimum absolute atomic E-state index is 0.0248. The zero-order chi connectivity index (χ0) is 24.6. The molecular formula is C25H21FN8O2. The van der Waals surface area contributed by atoms with Gasteiger partial charge < -0.3 is 9.80 Å². The molecule has 2 aromatic carbocycles. The molecule has 1 saturated heterocycles. The van der Waals surface area contributed by atoms with Crippen molar-refractivity contribution in [3.63, 3.8) is 0 Å². The summed E-state index contributed by atoms with van der Waals surface area (Å²) in [7, 11) is 0. The number of nitrogens with zero attached hydrogens (tertiary/aromatic N) is 6. The van der Waals surface area contributed by atoms with Crippen molar-refractivity contribution in [2.24, 2.45) is 0 Å². The van der Waals surface area contributed by atoms with Gasteiger partial charge in [-0.25, -0.2) is 14.5 Å². The summed E-state index contributed by atoms with van der Waals surface area (Å²) < 4.78 is 14.7. The summed E-state index contributed by atoms with van der Waals surface area (Å²) in [6, 6.07) is 15.4. The fourth-order valence-corrected chi connectivity index (χ4v) is 4.56. The maximum atomic E-state index is 14.7. The number of carbonyl (C=O) groups excluding carboxylic acids is 1. The van der Waals surface area contributed by atoms with Crippen LogP contribution in [0.5, 0.6) is 0 Å². The van der Waals surface area contributed by atoms with Gasteiger partial charge in [0.15, 0.2) is 0 Å². The van der Waals surface area contributed by atoms with E-state index in [1.807, 2.05) is 24.3 Å². The number of aromatic amines is 2. The molecule has 0 atom stereocenters. The second-order valence-corrected chi connectivity index (χ2v) is 8.65. The molecule has 0 bridgehead atoms. The zero-order valence-corrected chi connectivity index (χ0v) is 19.1. The van der Waals surface area contributed by atoms with Crippen LogP contribution in [0.4, 0.5) is 10.2 Å².